The van der Waals surface area contributed by atoms with Crippen molar-refractivity contribution in [1.82, 2.24) is 20.3 Å². The van der Waals surface area contributed by atoms with Crippen molar-refractivity contribution in [2.75, 3.05) is 13.2 Å². The lowest BCUT2D eigenvalue weighted by atomic mass is 10.2. The second-order valence-electron chi connectivity index (χ2n) is 6.54. The summed E-state index contributed by atoms with van der Waals surface area (Å²) >= 11 is 0. The number of carbonyl (C=O) groups excluding carboxylic acids is 1. The Morgan fingerprint density at radius 3 is 2.69 bits per heavy atom. The standard InChI is InChI=1S/C20H18F2N4O3/c21-15-4-3-5-16(22)14(15)10-26-11-17(24-25-26)20(27)23-9-8-13-12-28-18-6-1-2-7-19(18)29-13/h1-7,11,13H,8-10,12H2,(H,23,27)/t13-/m1/s1. The molecule has 150 valence electrons. The topological polar surface area (TPSA) is 78.3 Å². The number of nitrogens with one attached hydrogen (secondary N) is 1. The number of amides is 1. The van der Waals surface area contributed by atoms with Crippen LogP contribution in [0.15, 0.2) is 48.7 Å². The molecule has 0 saturated heterocycles. The molecule has 0 unspecified atom stereocenters. The fourth-order valence-corrected chi connectivity index (χ4v) is 2.97. The van der Waals surface area contributed by atoms with Crippen molar-refractivity contribution in [1.29, 1.82) is 0 Å². The Morgan fingerprint density at radius 2 is 1.90 bits per heavy atom. The lowest BCUT2D eigenvalue weighted by Crippen LogP contribution is -2.34. The molecular formula is C20H18F2N4O3. The lowest BCUT2D eigenvalue weighted by Gasteiger charge is -2.26. The van der Waals surface area contributed by atoms with Gasteiger partial charge in [0.1, 0.15) is 24.3 Å². The smallest absolute Gasteiger partial charge is 0.273 e. The third kappa shape index (κ3) is 4.34. The minimum atomic E-state index is -0.678. The number of rotatable bonds is 6. The molecule has 2 aromatic carbocycles. The molecule has 3 aromatic rings. The van der Waals surface area contributed by atoms with E-state index >= 15 is 0 Å². The van der Waals surface area contributed by atoms with Crippen LogP contribution in [0.2, 0.25) is 0 Å². The minimum Gasteiger partial charge on any atom is -0.486 e. The van der Waals surface area contributed by atoms with Gasteiger partial charge in [-0.25, -0.2) is 13.5 Å². The Bertz CT molecular complexity index is 1000. The second kappa shape index (κ2) is 8.26. The SMILES string of the molecule is O=C(NCC[C@@H]1COc2ccccc2O1)c1cn(Cc2c(F)cccc2F)nn1. The van der Waals surface area contributed by atoms with Crippen molar-refractivity contribution in [3.63, 3.8) is 0 Å². The summed E-state index contributed by atoms with van der Waals surface area (Å²) in [4.78, 5) is 12.2. The van der Waals surface area contributed by atoms with Crippen molar-refractivity contribution in [3.8, 4) is 11.5 Å². The highest BCUT2D eigenvalue weighted by atomic mass is 19.1. The van der Waals surface area contributed by atoms with Gasteiger partial charge in [0, 0.05) is 18.5 Å². The Hall–Kier alpha value is -3.49. The van der Waals surface area contributed by atoms with Crippen molar-refractivity contribution >= 4 is 5.91 Å². The van der Waals surface area contributed by atoms with E-state index in [2.05, 4.69) is 15.6 Å². The van der Waals surface area contributed by atoms with Gasteiger partial charge in [0.15, 0.2) is 17.2 Å². The third-order valence-electron chi connectivity index (χ3n) is 4.47. The maximum atomic E-state index is 13.7. The van der Waals surface area contributed by atoms with E-state index in [4.69, 9.17) is 9.47 Å². The number of ether oxygens (including phenoxy) is 2. The van der Waals surface area contributed by atoms with Crippen LogP contribution in [0.5, 0.6) is 11.5 Å². The van der Waals surface area contributed by atoms with Gasteiger partial charge in [-0.2, -0.15) is 0 Å². The molecule has 7 nitrogen and oxygen atoms in total. The first kappa shape index (κ1) is 18.9. The van der Waals surface area contributed by atoms with Gasteiger partial charge in [-0.05, 0) is 24.3 Å². The molecule has 0 aliphatic carbocycles. The number of hydrogen-bond donors (Lipinski definition) is 1. The molecule has 2 heterocycles. The Balaban J connectivity index is 1.29. The lowest BCUT2D eigenvalue weighted by molar-refractivity contribution is 0.0811. The molecule has 1 N–H and O–H groups in total. The Morgan fingerprint density at radius 1 is 1.14 bits per heavy atom. The maximum absolute atomic E-state index is 13.7. The molecule has 1 aliphatic heterocycles. The fourth-order valence-electron chi connectivity index (χ4n) is 2.97. The number of hydrogen-bond acceptors (Lipinski definition) is 5. The number of fused-ring (bicyclic) bond motifs is 1. The van der Waals surface area contributed by atoms with E-state index in [0.29, 0.717) is 31.1 Å². The van der Waals surface area contributed by atoms with Gasteiger partial charge in [-0.1, -0.05) is 23.4 Å². The molecule has 0 bridgehead atoms. The highest BCUT2D eigenvalue weighted by Gasteiger charge is 2.21. The summed E-state index contributed by atoms with van der Waals surface area (Å²) in [7, 11) is 0. The molecule has 0 saturated carbocycles. The quantitative estimate of drug-likeness (QED) is 0.688. The molecule has 1 aromatic heterocycles. The third-order valence-corrected chi connectivity index (χ3v) is 4.47. The largest absolute Gasteiger partial charge is 0.486 e. The number of benzene rings is 2. The molecule has 1 aliphatic rings. The van der Waals surface area contributed by atoms with E-state index in [0.717, 1.165) is 0 Å². The van der Waals surface area contributed by atoms with Crippen LogP contribution >= 0.6 is 0 Å². The number of para-hydroxylation sites is 2. The first-order chi connectivity index (χ1) is 14.1. The summed E-state index contributed by atoms with van der Waals surface area (Å²) < 4.78 is 40.1. The number of carbonyl (C=O) groups is 1. The predicted octanol–water partition coefficient (Wildman–Crippen LogP) is 2.56. The normalized spacial score (nSPS) is 15.2. The first-order valence-electron chi connectivity index (χ1n) is 9.10. The van der Waals surface area contributed by atoms with Gasteiger partial charge in [0.25, 0.3) is 5.91 Å². The highest BCUT2D eigenvalue weighted by molar-refractivity contribution is 5.91. The zero-order valence-electron chi connectivity index (χ0n) is 15.3. The summed E-state index contributed by atoms with van der Waals surface area (Å²) in [6, 6.07) is 11.0. The van der Waals surface area contributed by atoms with Crippen molar-refractivity contribution in [2.45, 2.75) is 19.1 Å². The summed E-state index contributed by atoms with van der Waals surface area (Å²) in [5.41, 5.74) is -0.0769. The molecule has 29 heavy (non-hydrogen) atoms. The monoisotopic (exact) mass is 400 g/mol. The summed E-state index contributed by atoms with van der Waals surface area (Å²) in [5.74, 6) is -0.401. The predicted molar refractivity (Wildman–Crippen MR) is 98.8 cm³/mol. The average Bonchev–Trinajstić information content (AvgIpc) is 3.19. The van der Waals surface area contributed by atoms with Crippen LogP contribution in [0.4, 0.5) is 8.78 Å². The molecule has 9 heteroatoms. The number of aromatic nitrogens is 3. The molecule has 4 rings (SSSR count). The number of halogens is 2. The second-order valence-corrected chi connectivity index (χ2v) is 6.54. The van der Waals surface area contributed by atoms with Crippen molar-refractivity contribution < 1.29 is 23.0 Å². The van der Waals surface area contributed by atoms with E-state index in [1.807, 2.05) is 24.3 Å². The molecular weight excluding hydrogens is 382 g/mol. The Labute approximate surface area is 165 Å². The van der Waals surface area contributed by atoms with Gasteiger partial charge >= 0.3 is 0 Å². The summed E-state index contributed by atoms with van der Waals surface area (Å²) in [6.45, 7) is 0.590. The molecule has 0 fully saturated rings. The van der Waals surface area contributed by atoms with Gasteiger partial charge in [-0.15, -0.1) is 5.10 Å². The van der Waals surface area contributed by atoms with Crippen LogP contribution in [-0.4, -0.2) is 40.2 Å². The van der Waals surface area contributed by atoms with Crippen LogP contribution in [0.3, 0.4) is 0 Å². The summed E-state index contributed by atoms with van der Waals surface area (Å²) in [5, 5.41) is 10.3. The van der Waals surface area contributed by atoms with Gasteiger partial charge in [0.05, 0.1) is 12.7 Å². The van der Waals surface area contributed by atoms with Crippen LogP contribution in [-0.2, 0) is 6.54 Å². The average molecular weight is 400 g/mol. The van der Waals surface area contributed by atoms with Crippen LogP contribution in [0.1, 0.15) is 22.5 Å². The molecule has 0 radical (unpaired) electrons. The number of nitrogens with zero attached hydrogens (tertiary/aromatic N) is 3. The van der Waals surface area contributed by atoms with Crippen molar-refractivity contribution in [2.24, 2.45) is 0 Å². The molecule has 1 atom stereocenters. The zero-order chi connectivity index (χ0) is 20.2. The van der Waals surface area contributed by atoms with Gasteiger partial charge < -0.3 is 14.8 Å². The van der Waals surface area contributed by atoms with E-state index in [1.165, 1.54) is 29.1 Å². The van der Waals surface area contributed by atoms with Gasteiger partial charge in [-0.3, -0.25) is 4.79 Å². The van der Waals surface area contributed by atoms with Crippen LogP contribution < -0.4 is 14.8 Å². The first-order valence-corrected chi connectivity index (χ1v) is 9.10. The maximum Gasteiger partial charge on any atom is 0.273 e. The molecule has 1 amide bonds. The minimum absolute atomic E-state index is 0.0629. The Kier molecular flexibility index (Phi) is 5.37. The van der Waals surface area contributed by atoms with E-state index < -0.39 is 17.5 Å². The highest BCUT2D eigenvalue weighted by Crippen LogP contribution is 2.31. The van der Waals surface area contributed by atoms with Crippen LogP contribution in [0.25, 0.3) is 0 Å². The van der Waals surface area contributed by atoms with Gasteiger partial charge in [0.2, 0.25) is 0 Å². The molecule has 0 spiro atoms. The van der Waals surface area contributed by atoms with Crippen LogP contribution in [0, 0.1) is 11.6 Å². The van der Waals surface area contributed by atoms with Crippen molar-refractivity contribution in [3.05, 3.63) is 71.6 Å². The van der Waals surface area contributed by atoms with E-state index in [1.54, 1.807) is 0 Å². The van der Waals surface area contributed by atoms with E-state index in [9.17, 15) is 13.6 Å². The van der Waals surface area contributed by atoms with E-state index in [-0.39, 0.29) is 23.9 Å². The summed E-state index contributed by atoms with van der Waals surface area (Å²) in [6.07, 6.45) is 1.72. The zero-order valence-corrected chi connectivity index (χ0v) is 15.3. The fraction of sp³-hybridized carbons (Fsp3) is 0.250.